The van der Waals surface area contributed by atoms with Gasteiger partial charge < -0.3 is 15.0 Å². The van der Waals surface area contributed by atoms with Crippen LogP contribution < -0.4 is 10.1 Å². The summed E-state index contributed by atoms with van der Waals surface area (Å²) in [5, 5.41) is 3.06. The van der Waals surface area contributed by atoms with E-state index in [2.05, 4.69) is 29.4 Å². The monoisotopic (exact) mass is 304 g/mol. The number of benzene rings is 1. The van der Waals surface area contributed by atoms with Gasteiger partial charge in [0.15, 0.2) is 0 Å². The summed E-state index contributed by atoms with van der Waals surface area (Å²) in [6.07, 6.45) is 4.95. The van der Waals surface area contributed by atoms with Gasteiger partial charge in [-0.25, -0.2) is 0 Å². The number of nitrogens with zero attached hydrogens (tertiary/aromatic N) is 1. The van der Waals surface area contributed by atoms with E-state index in [1.807, 2.05) is 12.1 Å². The molecule has 1 aromatic carbocycles. The van der Waals surface area contributed by atoms with Gasteiger partial charge in [0.05, 0.1) is 7.11 Å². The standard InChI is InChI=1S/C18H28N2O2/c1-20-12-9-16(10-13-20)14-18(21)19-11-3-4-15-5-7-17(22-2)8-6-15/h5-8,16H,3-4,9-14H2,1-2H3,(H,19,21). The molecular formula is C18H28N2O2. The molecule has 0 radical (unpaired) electrons. The molecule has 1 aliphatic heterocycles. The summed E-state index contributed by atoms with van der Waals surface area (Å²) < 4.78 is 5.15. The topological polar surface area (TPSA) is 41.6 Å². The van der Waals surface area contributed by atoms with Crippen molar-refractivity contribution in [3.05, 3.63) is 29.8 Å². The number of likely N-dealkylation sites (tertiary alicyclic amines) is 1. The fourth-order valence-corrected chi connectivity index (χ4v) is 2.91. The van der Waals surface area contributed by atoms with Crippen LogP contribution in [0.3, 0.4) is 0 Å². The van der Waals surface area contributed by atoms with E-state index in [0.717, 1.165) is 51.1 Å². The third kappa shape index (κ3) is 5.68. The van der Waals surface area contributed by atoms with Crippen molar-refractivity contribution in [3.8, 4) is 5.75 Å². The molecule has 0 aromatic heterocycles. The molecule has 2 rings (SSSR count). The number of hydrogen-bond acceptors (Lipinski definition) is 3. The molecule has 4 nitrogen and oxygen atoms in total. The summed E-state index contributed by atoms with van der Waals surface area (Å²) >= 11 is 0. The second-order valence-corrected chi connectivity index (χ2v) is 6.25. The van der Waals surface area contributed by atoms with Crippen LogP contribution in [0.2, 0.25) is 0 Å². The van der Waals surface area contributed by atoms with Crippen LogP contribution in [0.1, 0.15) is 31.2 Å². The minimum absolute atomic E-state index is 0.212. The van der Waals surface area contributed by atoms with E-state index in [9.17, 15) is 4.79 Å². The maximum absolute atomic E-state index is 11.9. The van der Waals surface area contributed by atoms with E-state index in [4.69, 9.17) is 4.74 Å². The lowest BCUT2D eigenvalue weighted by molar-refractivity contribution is -0.122. The predicted molar refractivity (Wildman–Crippen MR) is 89.2 cm³/mol. The third-order valence-corrected chi connectivity index (χ3v) is 4.44. The lowest BCUT2D eigenvalue weighted by Gasteiger charge is -2.28. The van der Waals surface area contributed by atoms with Crippen molar-refractivity contribution < 1.29 is 9.53 Å². The average Bonchev–Trinajstić information content (AvgIpc) is 2.54. The molecule has 0 atom stereocenters. The summed E-state index contributed by atoms with van der Waals surface area (Å²) in [6, 6.07) is 8.13. The minimum Gasteiger partial charge on any atom is -0.497 e. The smallest absolute Gasteiger partial charge is 0.220 e. The van der Waals surface area contributed by atoms with Crippen LogP contribution in [-0.4, -0.2) is 44.6 Å². The van der Waals surface area contributed by atoms with E-state index in [-0.39, 0.29) is 5.91 Å². The Morgan fingerprint density at radius 1 is 1.27 bits per heavy atom. The van der Waals surface area contributed by atoms with Crippen molar-refractivity contribution >= 4 is 5.91 Å². The maximum Gasteiger partial charge on any atom is 0.220 e. The Labute approximate surface area is 133 Å². The molecule has 1 fully saturated rings. The molecule has 0 bridgehead atoms. The molecular weight excluding hydrogens is 276 g/mol. The Morgan fingerprint density at radius 2 is 1.95 bits per heavy atom. The Balaban J connectivity index is 1.58. The van der Waals surface area contributed by atoms with Gasteiger partial charge in [0.1, 0.15) is 5.75 Å². The van der Waals surface area contributed by atoms with E-state index < -0.39 is 0 Å². The van der Waals surface area contributed by atoms with Gasteiger partial charge in [-0.05, 0) is 69.4 Å². The fourth-order valence-electron chi connectivity index (χ4n) is 2.91. The summed E-state index contributed by atoms with van der Waals surface area (Å²) in [4.78, 5) is 14.3. The molecule has 4 heteroatoms. The van der Waals surface area contributed by atoms with Crippen molar-refractivity contribution in [2.45, 2.75) is 32.1 Å². The summed E-state index contributed by atoms with van der Waals surface area (Å²) in [7, 11) is 3.82. The first kappa shape index (κ1) is 16.8. The first-order valence-corrected chi connectivity index (χ1v) is 8.25. The number of carbonyl (C=O) groups is 1. The molecule has 1 saturated heterocycles. The molecule has 0 aliphatic carbocycles. The van der Waals surface area contributed by atoms with Gasteiger partial charge >= 0.3 is 0 Å². The first-order chi connectivity index (χ1) is 10.7. The average molecular weight is 304 g/mol. The van der Waals surface area contributed by atoms with Crippen molar-refractivity contribution in [3.63, 3.8) is 0 Å². The van der Waals surface area contributed by atoms with Crippen molar-refractivity contribution in [1.29, 1.82) is 0 Å². The van der Waals surface area contributed by atoms with Gasteiger partial charge in [0.25, 0.3) is 0 Å². The Morgan fingerprint density at radius 3 is 2.59 bits per heavy atom. The summed E-state index contributed by atoms with van der Waals surface area (Å²) in [5.41, 5.74) is 1.28. The Hall–Kier alpha value is -1.55. The number of piperidine rings is 1. The number of ether oxygens (including phenoxy) is 1. The molecule has 1 aliphatic rings. The van der Waals surface area contributed by atoms with Gasteiger partial charge in [-0.2, -0.15) is 0 Å². The van der Waals surface area contributed by atoms with E-state index in [1.54, 1.807) is 7.11 Å². The van der Waals surface area contributed by atoms with Crippen LogP contribution in [0.25, 0.3) is 0 Å². The van der Waals surface area contributed by atoms with Crippen LogP contribution >= 0.6 is 0 Å². The highest BCUT2D eigenvalue weighted by molar-refractivity contribution is 5.76. The van der Waals surface area contributed by atoms with Crippen LogP contribution in [0.15, 0.2) is 24.3 Å². The number of amides is 1. The lowest BCUT2D eigenvalue weighted by Crippen LogP contribution is -2.33. The van der Waals surface area contributed by atoms with Crippen LogP contribution in [-0.2, 0) is 11.2 Å². The third-order valence-electron chi connectivity index (χ3n) is 4.44. The summed E-state index contributed by atoms with van der Waals surface area (Å²) in [6.45, 7) is 3.00. The molecule has 22 heavy (non-hydrogen) atoms. The molecule has 1 heterocycles. The summed E-state index contributed by atoms with van der Waals surface area (Å²) in [5.74, 6) is 1.66. The van der Waals surface area contributed by atoms with Crippen molar-refractivity contribution in [2.24, 2.45) is 5.92 Å². The molecule has 1 aromatic rings. The van der Waals surface area contributed by atoms with Crippen LogP contribution in [0, 0.1) is 5.92 Å². The molecule has 1 amide bonds. The first-order valence-electron chi connectivity index (χ1n) is 8.25. The largest absolute Gasteiger partial charge is 0.497 e. The van der Waals surface area contributed by atoms with Gasteiger partial charge in [-0.3, -0.25) is 4.79 Å². The Bertz CT molecular complexity index is 451. The van der Waals surface area contributed by atoms with Crippen molar-refractivity contribution in [1.82, 2.24) is 10.2 Å². The second kappa shape index (κ2) is 8.79. The van der Waals surface area contributed by atoms with E-state index >= 15 is 0 Å². The zero-order valence-electron chi connectivity index (χ0n) is 13.8. The second-order valence-electron chi connectivity index (χ2n) is 6.25. The number of rotatable bonds is 7. The number of aryl methyl sites for hydroxylation is 1. The van der Waals surface area contributed by atoms with Gasteiger partial charge in [-0.15, -0.1) is 0 Å². The zero-order chi connectivity index (χ0) is 15.8. The zero-order valence-corrected chi connectivity index (χ0v) is 13.8. The highest BCUT2D eigenvalue weighted by atomic mass is 16.5. The van der Waals surface area contributed by atoms with Gasteiger partial charge in [0, 0.05) is 13.0 Å². The molecule has 0 spiro atoms. The lowest BCUT2D eigenvalue weighted by atomic mass is 9.93. The number of carbonyl (C=O) groups excluding carboxylic acids is 1. The maximum atomic E-state index is 11.9. The highest BCUT2D eigenvalue weighted by Crippen LogP contribution is 2.19. The Kier molecular flexibility index (Phi) is 6.72. The molecule has 1 N–H and O–H groups in total. The highest BCUT2D eigenvalue weighted by Gasteiger charge is 2.19. The number of methoxy groups -OCH3 is 1. The quantitative estimate of drug-likeness (QED) is 0.787. The van der Waals surface area contributed by atoms with Crippen LogP contribution in [0.5, 0.6) is 5.75 Å². The fraction of sp³-hybridized carbons (Fsp3) is 0.611. The number of nitrogens with one attached hydrogen (secondary N) is 1. The normalized spacial score (nSPS) is 16.5. The SMILES string of the molecule is COc1ccc(CCCNC(=O)CC2CCN(C)CC2)cc1. The van der Waals surface area contributed by atoms with E-state index in [1.165, 1.54) is 5.56 Å². The van der Waals surface area contributed by atoms with Crippen molar-refractivity contribution in [2.75, 3.05) is 33.8 Å². The van der Waals surface area contributed by atoms with Gasteiger partial charge in [-0.1, -0.05) is 12.1 Å². The minimum atomic E-state index is 0.212. The molecule has 0 saturated carbocycles. The number of hydrogen-bond donors (Lipinski definition) is 1. The predicted octanol–water partition coefficient (Wildman–Crippen LogP) is 2.48. The molecule has 0 unspecified atom stereocenters. The van der Waals surface area contributed by atoms with Gasteiger partial charge in [0.2, 0.25) is 5.91 Å². The van der Waals surface area contributed by atoms with Crippen LogP contribution in [0.4, 0.5) is 0 Å². The van der Waals surface area contributed by atoms with E-state index in [0.29, 0.717) is 12.3 Å². The molecule has 122 valence electrons.